The molecule has 4 heteroatoms. The predicted molar refractivity (Wildman–Crippen MR) is 71.4 cm³/mol. The molecule has 1 saturated carbocycles. The first-order valence-corrected chi connectivity index (χ1v) is 6.77. The van der Waals surface area contributed by atoms with Crippen molar-refractivity contribution in [3.63, 3.8) is 0 Å². The Bertz CT molecular complexity index is 532. The van der Waals surface area contributed by atoms with Crippen molar-refractivity contribution in [3.8, 4) is 0 Å². The van der Waals surface area contributed by atoms with Crippen LogP contribution in [0.5, 0.6) is 0 Å². The van der Waals surface area contributed by atoms with Gasteiger partial charge in [-0.05, 0) is 30.5 Å². The molecular weight excluding hydrogens is 250 g/mol. The number of furan rings is 1. The minimum atomic E-state index is 0.349. The van der Waals surface area contributed by atoms with Gasteiger partial charge in [0.1, 0.15) is 5.58 Å². The molecule has 1 aromatic heterocycles. The van der Waals surface area contributed by atoms with Crippen LogP contribution >= 0.6 is 11.6 Å². The number of fused-ring (bicyclic) bond motifs is 1. The third kappa shape index (κ3) is 2.39. The van der Waals surface area contributed by atoms with E-state index in [1.54, 1.807) is 0 Å². The van der Waals surface area contributed by atoms with Gasteiger partial charge in [-0.1, -0.05) is 31.0 Å². The Morgan fingerprint density at radius 2 is 2.06 bits per heavy atom. The highest BCUT2D eigenvalue weighted by Gasteiger charge is 2.16. The fourth-order valence-electron chi connectivity index (χ4n) is 2.47. The molecule has 96 valence electrons. The quantitative estimate of drug-likeness (QED) is 0.847. The molecule has 0 unspecified atom stereocenters. The van der Waals surface area contributed by atoms with Gasteiger partial charge in [0.2, 0.25) is 0 Å². The summed E-state index contributed by atoms with van der Waals surface area (Å²) in [5, 5.41) is 1.49. The van der Waals surface area contributed by atoms with Crippen molar-refractivity contribution >= 4 is 22.6 Å². The summed E-state index contributed by atoms with van der Waals surface area (Å²) in [7, 11) is 0. The molecule has 0 amide bonds. The number of hydrogen-bond acceptors (Lipinski definition) is 3. The Morgan fingerprint density at radius 1 is 1.28 bits per heavy atom. The number of hydroxylamine groups is 1. The van der Waals surface area contributed by atoms with Crippen molar-refractivity contribution in [3.05, 3.63) is 35.0 Å². The largest absolute Gasteiger partial charge is 0.444 e. The molecule has 1 fully saturated rings. The van der Waals surface area contributed by atoms with Crippen LogP contribution in [0.1, 0.15) is 31.2 Å². The Hall–Kier alpha value is -1.03. The molecule has 0 bridgehead atoms. The van der Waals surface area contributed by atoms with Crippen LogP contribution in [-0.2, 0) is 11.4 Å². The first-order chi connectivity index (χ1) is 8.84. The monoisotopic (exact) mass is 265 g/mol. The zero-order valence-corrected chi connectivity index (χ0v) is 10.9. The molecule has 3 rings (SSSR count). The highest BCUT2D eigenvalue weighted by Crippen LogP contribution is 2.29. The first-order valence-electron chi connectivity index (χ1n) is 6.39. The minimum Gasteiger partial charge on any atom is -0.444 e. The Balaban J connectivity index is 1.68. The Labute approximate surface area is 111 Å². The fraction of sp³-hybridized carbons (Fsp3) is 0.429. The van der Waals surface area contributed by atoms with E-state index in [1.165, 1.54) is 12.8 Å². The zero-order chi connectivity index (χ0) is 12.4. The molecule has 0 spiro atoms. The fourth-order valence-corrected chi connectivity index (χ4v) is 2.72. The maximum Gasteiger partial charge on any atom is 0.199 e. The molecule has 0 atom stereocenters. The van der Waals surface area contributed by atoms with Crippen LogP contribution in [0.25, 0.3) is 11.0 Å². The summed E-state index contributed by atoms with van der Waals surface area (Å²) in [5.74, 6) is 0. The van der Waals surface area contributed by atoms with Gasteiger partial charge in [0, 0.05) is 10.9 Å². The van der Waals surface area contributed by atoms with Crippen LogP contribution in [0.15, 0.2) is 28.7 Å². The molecular formula is C14H16ClNO2. The van der Waals surface area contributed by atoms with Crippen LogP contribution in [0.3, 0.4) is 0 Å². The lowest BCUT2D eigenvalue weighted by atomic mass is 10.2. The van der Waals surface area contributed by atoms with E-state index in [1.807, 2.05) is 24.3 Å². The van der Waals surface area contributed by atoms with Crippen molar-refractivity contribution < 1.29 is 9.25 Å². The second kappa shape index (κ2) is 5.31. The van der Waals surface area contributed by atoms with E-state index in [0.717, 1.165) is 29.4 Å². The summed E-state index contributed by atoms with van der Waals surface area (Å²) in [6, 6.07) is 7.85. The van der Waals surface area contributed by atoms with Crippen LogP contribution in [0.2, 0.25) is 5.22 Å². The molecule has 3 nitrogen and oxygen atoms in total. The van der Waals surface area contributed by atoms with Gasteiger partial charge in [-0.15, -0.1) is 0 Å². The van der Waals surface area contributed by atoms with E-state index in [0.29, 0.717) is 17.9 Å². The average Bonchev–Trinajstić information content (AvgIpc) is 2.98. The molecule has 1 aliphatic rings. The summed E-state index contributed by atoms with van der Waals surface area (Å²) in [4.78, 5) is 5.63. The summed E-state index contributed by atoms with van der Waals surface area (Å²) < 4.78 is 5.49. The van der Waals surface area contributed by atoms with Gasteiger partial charge in [0.25, 0.3) is 0 Å². The standard InChI is InChI=1S/C14H16ClNO2/c15-14-12(9-16-18-10-5-1-2-6-10)11-7-3-4-8-13(11)17-14/h3-4,7-8,10,16H,1-2,5-6,9H2. The van der Waals surface area contributed by atoms with Crippen molar-refractivity contribution in [1.82, 2.24) is 5.48 Å². The van der Waals surface area contributed by atoms with Crippen LogP contribution < -0.4 is 5.48 Å². The summed E-state index contributed by atoms with van der Waals surface area (Å²) in [6.45, 7) is 0.576. The SMILES string of the molecule is Clc1oc2ccccc2c1CNOC1CCCC1. The van der Waals surface area contributed by atoms with Crippen LogP contribution in [0.4, 0.5) is 0 Å². The lowest BCUT2D eigenvalue weighted by molar-refractivity contribution is -0.0243. The summed E-state index contributed by atoms with van der Waals surface area (Å²) in [5.41, 5.74) is 4.80. The van der Waals surface area contributed by atoms with Gasteiger partial charge in [0.15, 0.2) is 5.22 Å². The van der Waals surface area contributed by atoms with E-state index in [-0.39, 0.29) is 0 Å². The number of hydrogen-bond donors (Lipinski definition) is 1. The maximum atomic E-state index is 6.10. The van der Waals surface area contributed by atoms with Crippen molar-refractivity contribution in [2.24, 2.45) is 0 Å². The number of rotatable bonds is 4. The second-order valence-electron chi connectivity index (χ2n) is 4.70. The smallest absolute Gasteiger partial charge is 0.199 e. The van der Waals surface area contributed by atoms with E-state index < -0.39 is 0 Å². The van der Waals surface area contributed by atoms with Gasteiger partial charge in [-0.3, -0.25) is 4.84 Å². The molecule has 1 aliphatic carbocycles. The zero-order valence-electron chi connectivity index (χ0n) is 10.1. The minimum absolute atomic E-state index is 0.349. The van der Waals surface area contributed by atoms with E-state index in [2.05, 4.69) is 5.48 Å². The molecule has 18 heavy (non-hydrogen) atoms. The third-order valence-electron chi connectivity index (χ3n) is 3.45. The third-order valence-corrected chi connectivity index (χ3v) is 3.76. The van der Waals surface area contributed by atoms with Gasteiger partial charge in [-0.2, -0.15) is 5.48 Å². The molecule has 1 aromatic carbocycles. The summed E-state index contributed by atoms with van der Waals surface area (Å²) in [6.07, 6.45) is 5.17. The van der Waals surface area contributed by atoms with E-state index in [4.69, 9.17) is 20.9 Å². The molecule has 0 aliphatic heterocycles. The first kappa shape index (κ1) is 12.0. The number of nitrogens with one attached hydrogen (secondary N) is 1. The number of para-hydroxylation sites is 1. The molecule has 1 heterocycles. The lowest BCUT2D eigenvalue weighted by Crippen LogP contribution is -2.21. The molecule has 0 radical (unpaired) electrons. The summed E-state index contributed by atoms with van der Waals surface area (Å²) >= 11 is 6.10. The van der Waals surface area contributed by atoms with Crippen LogP contribution in [-0.4, -0.2) is 6.10 Å². The predicted octanol–water partition coefficient (Wildman–Crippen LogP) is 4.05. The van der Waals surface area contributed by atoms with E-state index in [9.17, 15) is 0 Å². The Kier molecular flexibility index (Phi) is 3.55. The van der Waals surface area contributed by atoms with Crippen molar-refractivity contribution in [2.45, 2.75) is 38.3 Å². The normalized spacial score (nSPS) is 16.7. The van der Waals surface area contributed by atoms with Gasteiger partial charge < -0.3 is 4.42 Å². The van der Waals surface area contributed by atoms with Crippen molar-refractivity contribution in [1.29, 1.82) is 0 Å². The topological polar surface area (TPSA) is 34.4 Å². The molecule has 2 aromatic rings. The molecule has 1 N–H and O–H groups in total. The van der Waals surface area contributed by atoms with Crippen LogP contribution in [0, 0.1) is 0 Å². The molecule has 0 saturated heterocycles. The average molecular weight is 266 g/mol. The highest BCUT2D eigenvalue weighted by atomic mass is 35.5. The van der Waals surface area contributed by atoms with Gasteiger partial charge >= 0.3 is 0 Å². The van der Waals surface area contributed by atoms with Gasteiger partial charge in [0.05, 0.1) is 12.6 Å². The van der Waals surface area contributed by atoms with E-state index >= 15 is 0 Å². The highest BCUT2D eigenvalue weighted by molar-refractivity contribution is 6.30. The second-order valence-corrected chi connectivity index (χ2v) is 5.04. The Morgan fingerprint density at radius 3 is 2.89 bits per heavy atom. The number of halogens is 1. The van der Waals surface area contributed by atoms with Gasteiger partial charge in [-0.25, -0.2) is 0 Å². The maximum absolute atomic E-state index is 6.10. The lowest BCUT2D eigenvalue weighted by Gasteiger charge is -2.11. The van der Waals surface area contributed by atoms with Crippen molar-refractivity contribution in [2.75, 3.05) is 0 Å². The number of benzene rings is 1.